The summed E-state index contributed by atoms with van der Waals surface area (Å²) in [5.74, 6) is 0.298. The van der Waals surface area contributed by atoms with Gasteiger partial charge in [-0.1, -0.05) is 30.3 Å². The Labute approximate surface area is 131 Å². The minimum atomic E-state index is -0.334. The minimum Gasteiger partial charge on any atom is -0.391 e. The number of aliphatic hydroxyl groups is 1. The van der Waals surface area contributed by atoms with Gasteiger partial charge in [-0.3, -0.25) is 4.79 Å². The summed E-state index contributed by atoms with van der Waals surface area (Å²) in [6.45, 7) is 1.99. The van der Waals surface area contributed by atoms with Crippen LogP contribution < -0.4 is 10.6 Å². The number of benzene rings is 1. The van der Waals surface area contributed by atoms with Crippen LogP contribution in [0.3, 0.4) is 0 Å². The second-order valence-electron chi connectivity index (χ2n) is 6.14. The summed E-state index contributed by atoms with van der Waals surface area (Å²) in [7, 11) is 0. The monoisotopic (exact) mass is 310 g/mol. The largest absolute Gasteiger partial charge is 0.391 e. The van der Waals surface area contributed by atoms with Gasteiger partial charge in [0.15, 0.2) is 0 Å². The lowest BCUT2D eigenvalue weighted by molar-refractivity contribution is -0.126. The van der Waals surface area contributed by atoms with E-state index in [9.17, 15) is 9.90 Å². The molecule has 0 aromatic heterocycles. The molecule has 3 rings (SSSR count). The average molecular weight is 311 g/mol. The van der Waals surface area contributed by atoms with Gasteiger partial charge in [0.05, 0.1) is 11.5 Å². The molecule has 1 saturated carbocycles. The van der Waals surface area contributed by atoms with E-state index in [1.165, 1.54) is 5.56 Å². The molecule has 2 fully saturated rings. The highest BCUT2D eigenvalue weighted by Gasteiger charge is 2.49. The number of β-amino-alcohol motifs (C(OH)–C–C–N with tert-alkyl or cyclic N) is 1. The summed E-state index contributed by atoms with van der Waals surface area (Å²) >= 11 is 0. The molecule has 1 aliphatic heterocycles. The Hall–Kier alpha value is -1.10. The average Bonchev–Trinajstić information content (AvgIpc) is 3.13. The van der Waals surface area contributed by atoms with Crippen LogP contribution in [0, 0.1) is 11.3 Å². The van der Waals surface area contributed by atoms with E-state index < -0.39 is 0 Å². The molecule has 1 aromatic carbocycles. The Bertz CT molecular complexity index is 476. The molecule has 1 heterocycles. The Morgan fingerprint density at radius 2 is 2.00 bits per heavy atom. The normalized spacial score (nSPS) is 26.0. The molecule has 2 unspecified atom stereocenters. The maximum Gasteiger partial charge on any atom is 0.226 e. The van der Waals surface area contributed by atoms with E-state index in [0.29, 0.717) is 13.1 Å². The third-order valence-corrected chi connectivity index (χ3v) is 4.55. The minimum absolute atomic E-state index is 0. The first-order chi connectivity index (χ1) is 9.70. The van der Waals surface area contributed by atoms with E-state index in [4.69, 9.17) is 0 Å². The summed E-state index contributed by atoms with van der Waals surface area (Å²) in [5.41, 5.74) is 1.03. The quantitative estimate of drug-likeness (QED) is 0.764. The smallest absolute Gasteiger partial charge is 0.226 e. The van der Waals surface area contributed by atoms with Crippen LogP contribution >= 0.6 is 12.4 Å². The van der Waals surface area contributed by atoms with Crippen LogP contribution in [-0.4, -0.2) is 36.8 Å². The zero-order chi connectivity index (χ0) is 14.0. The van der Waals surface area contributed by atoms with Crippen LogP contribution in [0.4, 0.5) is 0 Å². The van der Waals surface area contributed by atoms with E-state index in [-0.39, 0.29) is 35.8 Å². The molecule has 3 N–H and O–H groups in total. The number of aliphatic hydroxyl groups excluding tert-OH is 1. The zero-order valence-electron chi connectivity index (χ0n) is 12.0. The van der Waals surface area contributed by atoms with Crippen LogP contribution in [0.5, 0.6) is 0 Å². The van der Waals surface area contributed by atoms with Crippen molar-refractivity contribution in [1.29, 1.82) is 0 Å². The molecular weight excluding hydrogens is 288 g/mol. The molecule has 21 heavy (non-hydrogen) atoms. The molecule has 1 amide bonds. The molecule has 1 aromatic rings. The van der Waals surface area contributed by atoms with E-state index in [1.807, 2.05) is 18.2 Å². The maximum atomic E-state index is 12.4. The standard InChI is InChI=1S/C16H22N2O2.ClH/c19-14-11-17-9-13(14)10-18-15(20)16(6-7-16)8-12-4-2-1-3-5-12;/h1-5,13-14,17,19H,6-11H2,(H,18,20);1H. The van der Waals surface area contributed by atoms with Gasteiger partial charge in [0, 0.05) is 25.6 Å². The van der Waals surface area contributed by atoms with Gasteiger partial charge in [-0.15, -0.1) is 12.4 Å². The van der Waals surface area contributed by atoms with Gasteiger partial charge in [-0.25, -0.2) is 0 Å². The molecule has 1 aliphatic carbocycles. The van der Waals surface area contributed by atoms with Gasteiger partial charge in [0.25, 0.3) is 0 Å². The molecule has 0 spiro atoms. The number of amides is 1. The van der Waals surface area contributed by atoms with Crippen molar-refractivity contribution in [3.63, 3.8) is 0 Å². The Balaban J connectivity index is 0.00000161. The lowest BCUT2D eigenvalue weighted by Gasteiger charge is -2.19. The third-order valence-electron chi connectivity index (χ3n) is 4.55. The number of carbonyl (C=O) groups is 1. The highest BCUT2D eigenvalue weighted by Crippen LogP contribution is 2.48. The zero-order valence-corrected chi connectivity index (χ0v) is 12.9. The lowest BCUT2D eigenvalue weighted by atomic mass is 9.95. The predicted octanol–water partition coefficient (Wildman–Crippen LogP) is 1.13. The van der Waals surface area contributed by atoms with Gasteiger partial charge in [0.2, 0.25) is 5.91 Å². The van der Waals surface area contributed by atoms with Crippen molar-refractivity contribution in [1.82, 2.24) is 10.6 Å². The molecule has 116 valence electrons. The van der Waals surface area contributed by atoms with Crippen molar-refractivity contribution in [2.24, 2.45) is 11.3 Å². The van der Waals surface area contributed by atoms with E-state index >= 15 is 0 Å². The van der Waals surface area contributed by atoms with Gasteiger partial charge in [0.1, 0.15) is 0 Å². The van der Waals surface area contributed by atoms with Gasteiger partial charge >= 0.3 is 0 Å². The second kappa shape index (κ2) is 6.77. The summed E-state index contributed by atoms with van der Waals surface area (Å²) in [4.78, 5) is 12.4. The highest BCUT2D eigenvalue weighted by atomic mass is 35.5. The van der Waals surface area contributed by atoms with Crippen molar-refractivity contribution < 1.29 is 9.90 Å². The van der Waals surface area contributed by atoms with Crippen molar-refractivity contribution in [2.75, 3.05) is 19.6 Å². The van der Waals surface area contributed by atoms with E-state index in [2.05, 4.69) is 22.8 Å². The van der Waals surface area contributed by atoms with Crippen molar-refractivity contribution in [3.05, 3.63) is 35.9 Å². The predicted molar refractivity (Wildman–Crippen MR) is 84.4 cm³/mol. The van der Waals surface area contributed by atoms with Crippen LogP contribution in [0.2, 0.25) is 0 Å². The summed E-state index contributed by atoms with van der Waals surface area (Å²) < 4.78 is 0. The fourth-order valence-corrected chi connectivity index (χ4v) is 2.96. The van der Waals surface area contributed by atoms with Crippen LogP contribution in [0.25, 0.3) is 0 Å². The SMILES string of the molecule is Cl.O=C(NCC1CNCC1O)C1(Cc2ccccc2)CC1. The number of hydrogen-bond donors (Lipinski definition) is 3. The Morgan fingerprint density at radius 3 is 2.57 bits per heavy atom. The summed E-state index contributed by atoms with van der Waals surface area (Å²) in [6, 6.07) is 10.2. The molecule has 4 nitrogen and oxygen atoms in total. The number of carbonyl (C=O) groups excluding carboxylic acids is 1. The summed E-state index contributed by atoms with van der Waals surface area (Å²) in [5, 5.41) is 15.9. The first-order valence-corrected chi connectivity index (χ1v) is 7.41. The maximum absolute atomic E-state index is 12.4. The molecular formula is C16H23ClN2O2. The van der Waals surface area contributed by atoms with Crippen LogP contribution in [0.15, 0.2) is 30.3 Å². The van der Waals surface area contributed by atoms with Gasteiger partial charge < -0.3 is 15.7 Å². The second-order valence-corrected chi connectivity index (χ2v) is 6.14. The number of hydrogen-bond acceptors (Lipinski definition) is 3. The molecule has 2 aliphatic rings. The van der Waals surface area contributed by atoms with Gasteiger partial charge in [-0.05, 0) is 24.8 Å². The number of nitrogens with one attached hydrogen (secondary N) is 2. The fourth-order valence-electron chi connectivity index (χ4n) is 2.96. The van der Waals surface area contributed by atoms with E-state index in [0.717, 1.165) is 25.8 Å². The van der Waals surface area contributed by atoms with Crippen molar-refractivity contribution >= 4 is 18.3 Å². The highest BCUT2D eigenvalue weighted by molar-refractivity contribution is 5.85. The van der Waals surface area contributed by atoms with E-state index in [1.54, 1.807) is 0 Å². The number of rotatable bonds is 5. The Kier molecular flexibility index (Phi) is 5.25. The first kappa shape index (κ1) is 16.3. The lowest BCUT2D eigenvalue weighted by Crippen LogP contribution is -2.39. The van der Waals surface area contributed by atoms with Gasteiger partial charge in [-0.2, -0.15) is 0 Å². The Morgan fingerprint density at radius 1 is 1.29 bits per heavy atom. The van der Waals surface area contributed by atoms with Crippen molar-refractivity contribution in [3.8, 4) is 0 Å². The summed E-state index contributed by atoms with van der Waals surface area (Å²) in [6.07, 6.45) is 2.43. The third kappa shape index (κ3) is 3.76. The van der Waals surface area contributed by atoms with Crippen LogP contribution in [-0.2, 0) is 11.2 Å². The number of halogens is 1. The molecule has 1 saturated heterocycles. The molecule has 0 radical (unpaired) electrons. The fraction of sp³-hybridized carbons (Fsp3) is 0.562. The first-order valence-electron chi connectivity index (χ1n) is 7.41. The molecule has 0 bridgehead atoms. The topological polar surface area (TPSA) is 61.4 Å². The molecule has 5 heteroatoms. The van der Waals surface area contributed by atoms with Crippen LogP contribution in [0.1, 0.15) is 18.4 Å². The van der Waals surface area contributed by atoms with Crippen molar-refractivity contribution in [2.45, 2.75) is 25.4 Å². The molecule has 2 atom stereocenters.